The summed E-state index contributed by atoms with van der Waals surface area (Å²) < 4.78 is 37.2. The number of nitrogens with zero attached hydrogens (tertiary/aromatic N) is 1. The van der Waals surface area contributed by atoms with Crippen molar-refractivity contribution in [2.75, 3.05) is 40.0 Å². The number of hydrogen-bond acceptors (Lipinski definition) is 5. The minimum Gasteiger partial charge on any atom is -0.495 e. The number of hydrogen-bond donors (Lipinski definition) is 1. The van der Waals surface area contributed by atoms with Gasteiger partial charge in [0.05, 0.1) is 20.3 Å². The SMILES string of the molecule is CCNC(=O)c1ccc(OC)c(S(=O)(=O)N2CCOCC2)c1. The summed E-state index contributed by atoms with van der Waals surface area (Å²) in [7, 11) is -2.33. The van der Waals surface area contributed by atoms with Crippen LogP contribution in [0.3, 0.4) is 0 Å². The van der Waals surface area contributed by atoms with Crippen LogP contribution in [-0.2, 0) is 14.8 Å². The van der Waals surface area contributed by atoms with Crippen molar-refractivity contribution in [2.24, 2.45) is 0 Å². The van der Waals surface area contributed by atoms with E-state index in [9.17, 15) is 13.2 Å². The van der Waals surface area contributed by atoms with Gasteiger partial charge in [0.15, 0.2) is 0 Å². The van der Waals surface area contributed by atoms with Crippen LogP contribution in [0.5, 0.6) is 5.75 Å². The number of amides is 1. The lowest BCUT2D eigenvalue weighted by Crippen LogP contribution is -2.40. The second-order valence-electron chi connectivity index (χ2n) is 4.74. The molecule has 1 aliphatic heterocycles. The first kappa shape index (κ1) is 16.7. The van der Waals surface area contributed by atoms with Crippen molar-refractivity contribution in [1.29, 1.82) is 0 Å². The number of methoxy groups -OCH3 is 1. The van der Waals surface area contributed by atoms with Crippen LogP contribution in [0.1, 0.15) is 17.3 Å². The Hall–Kier alpha value is -1.64. The molecule has 0 aromatic heterocycles. The van der Waals surface area contributed by atoms with Gasteiger partial charge in [0.2, 0.25) is 10.0 Å². The highest BCUT2D eigenvalue weighted by Crippen LogP contribution is 2.28. The van der Waals surface area contributed by atoms with Gasteiger partial charge in [-0.25, -0.2) is 8.42 Å². The minimum absolute atomic E-state index is 0.000605. The van der Waals surface area contributed by atoms with Crippen molar-refractivity contribution < 1.29 is 22.7 Å². The third kappa shape index (κ3) is 3.40. The molecule has 0 spiro atoms. The third-order valence-corrected chi connectivity index (χ3v) is 5.27. The quantitative estimate of drug-likeness (QED) is 0.849. The Morgan fingerprint density at radius 2 is 2.05 bits per heavy atom. The highest BCUT2D eigenvalue weighted by molar-refractivity contribution is 7.89. The summed E-state index contributed by atoms with van der Waals surface area (Å²) in [6.07, 6.45) is 0. The lowest BCUT2D eigenvalue weighted by Gasteiger charge is -2.26. The van der Waals surface area contributed by atoms with E-state index < -0.39 is 10.0 Å². The van der Waals surface area contributed by atoms with E-state index in [4.69, 9.17) is 9.47 Å². The van der Waals surface area contributed by atoms with Gasteiger partial charge in [-0.3, -0.25) is 4.79 Å². The molecule has 1 amide bonds. The molecule has 1 saturated heterocycles. The van der Waals surface area contributed by atoms with Gasteiger partial charge in [0.1, 0.15) is 10.6 Å². The maximum Gasteiger partial charge on any atom is 0.251 e. The lowest BCUT2D eigenvalue weighted by atomic mass is 10.2. The molecule has 0 saturated carbocycles. The summed E-state index contributed by atoms with van der Waals surface area (Å²) in [5, 5.41) is 2.65. The van der Waals surface area contributed by atoms with E-state index in [1.165, 1.54) is 23.5 Å². The van der Waals surface area contributed by atoms with E-state index in [2.05, 4.69) is 5.32 Å². The Morgan fingerprint density at radius 3 is 2.64 bits per heavy atom. The van der Waals surface area contributed by atoms with Crippen molar-refractivity contribution in [3.63, 3.8) is 0 Å². The second-order valence-corrected chi connectivity index (χ2v) is 6.65. The third-order valence-electron chi connectivity index (χ3n) is 3.35. The summed E-state index contributed by atoms with van der Waals surface area (Å²) in [4.78, 5) is 11.9. The maximum atomic E-state index is 12.8. The minimum atomic E-state index is -3.73. The summed E-state index contributed by atoms with van der Waals surface area (Å²) >= 11 is 0. The molecule has 1 aliphatic rings. The largest absolute Gasteiger partial charge is 0.495 e. The molecular weight excluding hydrogens is 308 g/mol. The van der Waals surface area contributed by atoms with Crippen LogP contribution in [0.15, 0.2) is 23.1 Å². The number of carbonyl (C=O) groups excluding carboxylic acids is 1. The van der Waals surface area contributed by atoms with Crippen LogP contribution in [0.2, 0.25) is 0 Å². The molecule has 0 atom stereocenters. The highest BCUT2D eigenvalue weighted by Gasteiger charge is 2.30. The van der Waals surface area contributed by atoms with E-state index >= 15 is 0 Å². The van der Waals surface area contributed by atoms with Crippen molar-refractivity contribution in [1.82, 2.24) is 9.62 Å². The number of benzene rings is 1. The Balaban J connectivity index is 2.42. The van der Waals surface area contributed by atoms with Crippen molar-refractivity contribution in [3.05, 3.63) is 23.8 Å². The Bertz CT molecular complexity index is 639. The highest BCUT2D eigenvalue weighted by atomic mass is 32.2. The number of sulfonamides is 1. The van der Waals surface area contributed by atoms with Gasteiger partial charge in [-0.05, 0) is 25.1 Å². The van der Waals surface area contributed by atoms with Crippen molar-refractivity contribution in [2.45, 2.75) is 11.8 Å². The zero-order chi connectivity index (χ0) is 16.2. The van der Waals surface area contributed by atoms with Crippen LogP contribution in [0, 0.1) is 0 Å². The smallest absolute Gasteiger partial charge is 0.251 e. The van der Waals surface area contributed by atoms with Crippen LogP contribution in [0.4, 0.5) is 0 Å². The lowest BCUT2D eigenvalue weighted by molar-refractivity contribution is 0.0729. The average Bonchev–Trinajstić information content (AvgIpc) is 2.55. The summed E-state index contributed by atoms with van der Waals surface area (Å²) in [6.45, 7) is 3.56. The van der Waals surface area contributed by atoms with Gasteiger partial charge in [-0.1, -0.05) is 0 Å². The first-order valence-corrected chi connectivity index (χ1v) is 8.49. The normalized spacial score (nSPS) is 16.3. The van der Waals surface area contributed by atoms with E-state index in [0.29, 0.717) is 19.8 Å². The van der Waals surface area contributed by atoms with Gasteiger partial charge < -0.3 is 14.8 Å². The van der Waals surface area contributed by atoms with Crippen LogP contribution in [-0.4, -0.2) is 58.6 Å². The van der Waals surface area contributed by atoms with Crippen LogP contribution in [0.25, 0.3) is 0 Å². The molecule has 1 N–H and O–H groups in total. The standard InChI is InChI=1S/C14H20N2O5S/c1-3-15-14(17)11-4-5-12(20-2)13(10-11)22(18,19)16-6-8-21-9-7-16/h4-5,10H,3,6-9H2,1-2H3,(H,15,17). The Morgan fingerprint density at radius 1 is 1.36 bits per heavy atom. The molecule has 1 heterocycles. The zero-order valence-corrected chi connectivity index (χ0v) is 13.5. The molecule has 0 unspecified atom stereocenters. The van der Waals surface area contributed by atoms with E-state index in [0.717, 1.165) is 0 Å². The summed E-state index contributed by atoms with van der Waals surface area (Å²) in [5.74, 6) is -0.0943. The Labute approximate surface area is 130 Å². The molecular formula is C14H20N2O5S. The number of ether oxygens (including phenoxy) is 2. The first-order chi connectivity index (χ1) is 10.5. The predicted molar refractivity (Wildman–Crippen MR) is 80.6 cm³/mol. The maximum absolute atomic E-state index is 12.8. The number of morpholine rings is 1. The van der Waals surface area contributed by atoms with Crippen LogP contribution < -0.4 is 10.1 Å². The van der Waals surface area contributed by atoms with E-state index in [1.54, 1.807) is 13.0 Å². The number of rotatable bonds is 5. The van der Waals surface area contributed by atoms with Gasteiger partial charge >= 0.3 is 0 Å². The average molecular weight is 328 g/mol. The molecule has 7 nitrogen and oxygen atoms in total. The molecule has 8 heteroatoms. The topological polar surface area (TPSA) is 84.9 Å². The monoisotopic (exact) mass is 328 g/mol. The Kier molecular flexibility index (Phi) is 5.38. The summed E-state index contributed by atoms with van der Waals surface area (Å²) in [5.41, 5.74) is 0.287. The van der Waals surface area contributed by atoms with Gasteiger partial charge in [0.25, 0.3) is 5.91 Å². The van der Waals surface area contributed by atoms with Crippen LogP contribution >= 0.6 is 0 Å². The molecule has 0 bridgehead atoms. The van der Waals surface area contributed by atoms with Gasteiger partial charge in [-0.15, -0.1) is 0 Å². The second kappa shape index (κ2) is 7.08. The molecule has 122 valence electrons. The van der Waals surface area contributed by atoms with Gasteiger partial charge in [0, 0.05) is 25.2 Å². The van der Waals surface area contributed by atoms with E-state index in [-0.39, 0.29) is 35.2 Å². The first-order valence-electron chi connectivity index (χ1n) is 7.05. The molecule has 1 aromatic rings. The molecule has 2 rings (SSSR count). The fraction of sp³-hybridized carbons (Fsp3) is 0.500. The molecule has 0 radical (unpaired) electrons. The van der Waals surface area contributed by atoms with Crippen molar-refractivity contribution in [3.8, 4) is 5.75 Å². The summed E-state index contributed by atoms with van der Waals surface area (Å²) in [6, 6.07) is 4.40. The van der Waals surface area contributed by atoms with E-state index in [1.807, 2.05) is 0 Å². The molecule has 1 aromatic carbocycles. The van der Waals surface area contributed by atoms with Gasteiger partial charge in [-0.2, -0.15) is 4.31 Å². The number of nitrogens with one attached hydrogen (secondary N) is 1. The molecule has 0 aliphatic carbocycles. The molecule has 22 heavy (non-hydrogen) atoms. The molecule has 1 fully saturated rings. The fourth-order valence-electron chi connectivity index (χ4n) is 2.21. The zero-order valence-electron chi connectivity index (χ0n) is 12.7. The fourth-order valence-corrected chi connectivity index (χ4v) is 3.80. The van der Waals surface area contributed by atoms with Crippen molar-refractivity contribution >= 4 is 15.9 Å². The predicted octanol–water partition coefficient (Wildman–Crippen LogP) is 0.466. The number of carbonyl (C=O) groups is 1.